The highest BCUT2D eigenvalue weighted by molar-refractivity contribution is 5.09. The molecule has 2 heterocycles. The van der Waals surface area contributed by atoms with Gasteiger partial charge >= 0.3 is 0 Å². The Labute approximate surface area is 114 Å². The smallest absolute Gasteiger partial charge is 0.141 e. The first-order valence-electron chi connectivity index (χ1n) is 6.88. The molecule has 0 spiro atoms. The lowest BCUT2D eigenvalue weighted by Crippen LogP contribution is -2.30. The van der Waals surface area contributed by atoms with Crippen molar-refractivity contribution in [2.24, 2.45) is 0 Å². The fraction of sp³-hybridized carbons (Fsp3) is 0.643. The van der Waals surface area contributed by atoms with E-state index >= 15 is 0 Å². The minimum atomic E-state index is -0.289. The number of nitrogens with one attached hydrogen (secondary N) is 1. The summed E-state index contributed by atoms with van der Waals surface area (Å²) in [6, 6.07) is 3.39. The highest BCUT2D eigenvalue weighted by Crippen LogP contribution is 2.15. The molecule has 1 N–H and O–H groups in total. The van der Waals surface area contributed by atoms with Gasteiger partial charge in [0.2, 0.25) is 0 Å². The van der Waals surface area contributed by atoms with Crippen molar-refractivity contribution in [2.45, 2.75) is 18.9 Å². The van der Waals surface area contributed by atoms with E-state index in [4.69, 9.17) is 4.74 Å². The van der Waals surface area contributed by atoms with Crippen molar-refractivity contribution in [2.75, 3.05) is 39.9 Å². The number of aromatic nitrogens is 1. The van der Waals surface area contributed by atoms with Crippen molar-refractivity contribution in [1.82, 2.24) is 15.2 Å². The Balaban J connectivity index is 1.86. The van der Waals surface area contributed by atoms with E-state index in [1.807, 2.05) is 7.05 Å². The largest absolute Gasteiger partial charge is 0.380 e. The van der Waals surface area contributed by atoms with Gasteiger partial charge in [0.15, 0.2) is 0 Å². The van der Waals surface area contributed by atoms with Crippen molar-refractivity contribution in [1.29, 1.82) is 0 Å². The van der Waals surface area contributed by atoms with E-state index in [0.717, 1.165) is 51.4 Å². The fourth-order valence-electron chi connectivity index (χ4n) is 2.37. The third-order valence-electron chi connectivity index (χ3n) is 3.50. The average molecular weight is 267 g/mol. The van der Waals surface area contributed by atoms with E-state index < -0.39 is 0 Å². The van der Waals surface area contributed by atoms with Crippen LogP contribution in [-0.4, -0.2) is 49.8 Å². The van der Waals surface area contributed by atoms with Crippen LogP contribution in [0.5, 0.6) is 0 Å². The molecule has 2 rings (SSSR count). The van der Waals surface area contributed by atoms with Crippen LogP contribution in [0.25, 0.3) is 0 Å². The third-order valence-corrected chi connectivity index (χ3v) is 3.50. The molecule has 1 unspecified atom stereocenters. The van der Waals surface area contributed by atoms with E-state index in [0.29, 0.717) is 0 Å². The molecule has 4 nitrogen and oxygen atoms in total. The Hall–Kier alpha value is -1.04. The second-order valence-corrected chi connectivity index (χ2v) is 4.84. The van der Waals surface area contributed by atoms with E-state index in [1.165, 1.54) is 12.3 Å². The van der Waals surface area contributed by atoms with Crippen LogP contribution < -0.4 is 5.32 Å². The van der Waals surface area contributed by atoms with Gasteiger partial charge in [0.25, 0.3) is 0 Å². The monoisotopic (exact) mass is 267 g/mol. The zero-order valence-corrected chi connectivity index (χ0v) is 11.4. The Bertz CT molecular complexity index is 363. The van der Waals surface area contributed by atoms with Crippen LogP contribution in [0.15, 0.2) is 18.3 Å². The van der Waals surface area contributed by atoms with Gasteiger partial charge in [0.05, 0.1) is 24.5 Å². The SMILES string of the molecule is CNC(CCN1CCCOCC1)c1ccc(F)cn1. The first-order chi connectivity index (χ1) is 9.29. The Kier molecular flexibility index (Phi) is 5.69. The van der Waals surface area contributed by atoms with Crippen LogP contribution in [0.4, 0.5) is 4.39 Å². The quantitative estimate of drug-likeness (QED) is 0.879. The fourth-order valence-corrected chi connectivity index (χ4v) is 2.37. The van der Waals surface area contributed by atoms with Gasteiger partial charge in [-0.3, -0.25) is 4.98 Å². The maximum atomic E-state index is 12.9. The maximum absolute atomic E-state index is 12.9. The van der Waals surface area contributed by atoms with Crippen LogP contribution >= 0.6 is 0 Å². The number of pyridine rings is 1. The number of hydrogen-bond acceptors (Lipinski definition) is 4. The normalized spacial score (nSPS) is 19.1. The van der Waals surface area contributed by atoms with E-state index in [-0.39, 0.29) is 11.9 Å². The summed E-state index contributed by atoms with van der Waals surface area (Å²) in [4.78, 5) is 6.57. The van der Waals surface area contributed by atoms with Gasteiger partial charge in [0.1, 0.15) is 5.82 Å². The van der Waals surface area contributed by atoms with Crippen molar-refractivity contribution >= 4 is 0 Å². The van der Waals surface area contributed by atoms with Crippen molar-refractivity contribution in [3.63, 3.8) is 0 Å². The minimum Gasteiger partial charge on any atom is -0.380 e. The second kappa shape index (κ2) is 7.53. The summed E-state index contributed by atoms with van der Waals surface area (Å²) in [5.74, 6) is -0.289. The van der Waals surface area contributed by atoms with Crippen molar-refractivity contribution in [3.8, 4) is 0 Å². The summed E-state index contributed by atoms with van der Waals surface area (Å²) in [6.45, 7) is 4.78. The van der Waals surface area contributed by atoms with Gasteiger partial charge in [-0.1, -0.05) is 0 Å². The van der Waals surface area contributed by atoms with E-state index in [9.17, 15) is 4.39 Å². The topological polar surface area (TPSA) is 37.4 Å². The molecule has 1 atom stereocenters. The van der Waals surface area contributed by atoms with Crippen LogP contribution in [0.3, 0.4) is 0 Å². The predicted molar refractivity (Wildman–Crippen MR) is 72.5 cm³/mol. The number of ether oxygens (including phenoxy) is 1. The zero-order valence-electron chi connectivity index (χ0n) is 11.4. The molecule has 19 heavy (non-hydrogen) atoms. The third kappa shape index (κ3) is 4.53. The molecule has 1 aliphatic rings. The molecule has 1 aromatic rings. The van der Waals surface area contributed by atoms with Crippen LogP contribution in [0.1, 0.15) is 24.6 Å². The van der Waals surface area contributed by atoms with Crippen molar-refractivity contribution < 1.29 is 9.13 Å². The summed E-state index contributed by atoms with van der Waals surface area (Å²) < 4.78 is 18.3. The predicted octanol–water partition coefficient (Wildman–Crippen LogP) is 1.59. The van der Waals surface area contributed by atoms with Crippen LogP contribution in [0, 0.1) is 5.82 Å². The molecular formula is C14H22FN3O. The standard InChI is InChI=1S/C14H22FN3O/c1-16-13(14-4-3-12(15)11-17-14)5-7-18-6-2-9-19-10-8-18/h3-4,11,13,16H,2,5-10H2,1H3. The zero-order chi connectivity index (χ0) is 13.5. The molecule has 0 aromatic carbocycles. The minimum absolute atomic E-state index is 0.171. The molecule has 1 saturated heterocycles. The Morgan fingerprint density at radius 1 is 1.42 bits per heavy atom. The van der Waals surface area contributed by atoms with Crippen LogP contribution in [0.2, 0.25) is 0 Å². The highest BCUT2D eigenvalue weighted by Gasteiger charge is 2.14. The summed E-state index contributed by atoms with van der Waals surface area (Å²) in [6.07, 6.45) is 3.34. The lowest BCUT2D eigenvalue weighted by atomic mass is 10.1. The van der Waals surface area contributed by atoms with Crippen molar-refractivity contribution in [3.05, 3.63) is 29.8 Å². The molecule has 1 aromatic heterocycles. The lowest BCUT2D eigenvalue weighted by molar-refractivity contribution is 0.140. The summed E-state index contributed by atoms with van der Waals surface area (Å²) in [5.41, 5.74) is 0.898. The molecule has 0 bridgehead atoms. The number of hydrogen-bond donors (Lipinski definition) is 1. The number of nitrogens with zero attached hydrogens (tertiary/aromatic N) is 2. The molecule has 0 saturated carbocycles. The van der Waals surface area contributed by atoms with Crippen LogP contribution in [-0.2, 0) is 4.74 Å². The molecule has 106 valence electrons. The van der Waals surface area contributed by atoms with Gasteiger partial charge in [-0.15, -0.1) is 0 Å². The summed E-state index contributed by atoms with van der Waals surface area (Å²) in [7, 11) is 1.92. The molecule has 0 aliphatic carbocycles. The number of rotatable bonds is 5. The summed E-state index contributed by atoms with van der Waals surface area (Å²) in [5, 5.41) is 3.25. The average Bonchev–Trinajstić information content (AvgIpc) is 2.70. The highest BCUT2D eigenvalue weighted by atomic mass is 19.1. The van der Waals surface area contributed by atoms with Gasteiger partial charge < -0.3 is 15.0 Å². The molecule has 0 amide bonds. The maximum Gasteiger partial charge on any atom is 0.141 e. The molecule has 1 fully saturated rings. The summed E-state index contributed by atoms with van der Waals surface area (Å²) >= 11 is 0. The lowest BCUT2D eigenvalue weighted by Gasteiger charge is -2.22. The van der Waals surface area contributed by atoms with Gasteiger partial charge in [0, 0.05) is 26.2 Å². The molecule has 5 heteroatoms. The molecule has 1 aliphatic heterocycles. The molecular weight excluding hydrogens is 245 g/mol. The Morgan fingerprint density at radius 3 is 3.05 bits per heavy atom. The van der Waals surface area contributed by atoms with Gasteiger partial charge in [-0.05, 0) is 32.0 Å². The van der Waals surface area contributed by atoms with E-state index in [1.54, 1.807) is 6.07 Å². The number of halogens is 1. The first kappa shape index (κ1) is 14.4. The second-order valence-electron chi connectivity index (χ2n) is 4.84. The Morgan fingerprint density at radius 2 is 2.32 bits per heavy atom. The first-order valence-corrected chi connectivity index (χ1v) is 6.88. The molecule has 0 radical (unpaired) electrons. The van der Waals surface area contributed by atoms with Gasteiger partial charge in [-0.25, -0.2) is 4.39 Å². The van der Waals surface area contributed by atoms with E-state index in [2.05, 4.69) is 15.2 Å². The van der Waals surface area contributed by atoms with Gasteiger partial charge in [-0.2, -0.15) is 0 Å².